The molecule has 0 aliphatic rings. The monoisotopic (exact) mass is 315 g/mol. The van der Waals surface area contributed by atoms with Gasteiger partial charge in [0, 0.05) is 20.9 Å². The summed E-state index contributed by atoms with van der Waals surface area (Å²) in [6, 6.07) is 5.09. The highest BCUT2D eigenvalue weighted by Gasteiger charge is 2.07. The van der Waals surface area contributed by atoms with Crippen molar-refractivity contribution in [2.75, 3.05) is 0 Å². The summed E-state index contributed by atoms with van der Waals surface area (Å²) in [4.78, 5) is 15.9. The van der Waals surface area contributed by atoms with E-state index in [9.17, 15) is 4.79 Å². The number of nitrogens with zero attached hydrogens (tertiary/aromatic N) is 1. The minimum Gasteiger partial charge on any atom is -0.478 e. The van der Waals surface area contributed by atoms with Gasteiger partial charge in [-0.3, -0.25) is 0 Å². The third-order valence-electron chi connectivity index (χ3n) is 1.73. The van der Waals surface area contributed by atoms with Gasteiger partial charge in [-0.25, -0.2) is 9.78 Å². The van der Waals surface area contributed by atoms with Crippen molar-refractivity contribution in [3.8, 4) is 0 Å². The predicted octanol–water partition coefficient (Wildman–Crippen LogP) is 3.76. The Bertz CT molecular complexity index is 514. The van der Waals surface area contributed by atoms with Gasteiger partial charge in [-0.2, -0.15) is 0 Å². The van der Waals surface area contributed by atoms with Crippen LogP contribution in [0.5, 0.6) is 0 Å². The lowest BCUT2D eigenvalue weighted by atomic mass is 10.2. The summed E-state index contributed by atoms with van der Waals surface area (Å²) in [5, 5.41) is 10.8. The predicted molar refractivity (Wildman–Crippen MR) is 67.3 cm³/mol. The van der Waals surface area contributed by atoms with Gasteiger partial charge < -0.3 is 5.11 Å². The molecule has 0 amide bonds. The Labute approximate surface area is 109 Å². The van der Waals surface area contributed by atoms with Crippen LogP contribution < -0.4 is 0 Å². The van der Waals surface area contributed by atoms with E-state index in [1.807, 2.05) is 11.4 Å². The van der Waals surface area contributed by atoms with Crippen LogP contribution in [0.25, 0.3) is 0 Å². The Morgan fingerprint density at radius 3 is 2.88 bits per heavy atom. The highest BCUT2D eigenvalue weighted by atomic mass is 79.9. The van der Waals surface area contributed by atoms with Gasteiger partial charge in [0.2, 0.25) is 0 Å². The SMILES string of the molecule is O=C(O)c1cc(Br)cc(Sc2nccs2)c1. The van der Waals surface area contributed by atoms with E-state index in [2.05, 4.69) is 20.9 Å². The number of halogens is 1. The van der Waals surface area contributed by atoms with Crippen LogP contribution in [0.3, 0.4) is 0 Å². The minimum absolute atomic E-state index is 0.272. The maximum Gasteiger partial charge on any atom is 0.335 e. The second kappa shape index (κ2) is 4.99. The van der Waals surface area contributed by atoms with Crippen molar-refractivity contribution < 1.29 is 9.90 Å². The van der Waals surface area contributed by atoms with Crippen LogP contribution in [0.15, 0.2) is 43.5 Å². The van der Waals surface area contributed by atoms with E-state index in [0.29, 0.717) is 0 Å². The first-order valence-electron chi connectivity index (χ1n) is 4.26. The molecule has 1 aromatic carbocycles. The molecule has 2 rings (SSSR count). The molecule has 0 saturated heterocycles. The number of hydrogen-bond acceptors (Lipinski definition) is 4. The molecule has 1 heterocycles. The fraction of sp³-hybridized carbons (Fsp3) is 0. The largest absolute Gasteiger partial charge is 0.478 e. The number of benzene rings is 1. The molecular formula is C10H6BrNO2S2. The highest BCUT2D eigenvalue weighted by molar-refractivity contribution is 9.10. The van der Waals surface area contributed by atoms with E-state index in [0.717, 1.165) is 13.7 Å². The normalized spacial score (nSPS) is 10.3. The molecule has 0 unspecified atom stereocenters. The van der Waals surface area contributed by atoms with Crippen molar-refractivity contribution in [1.29, 1.82) is 0 Å². The van der Waals surface area contributed by atoms with Crippen LogP contribution in [0.1, 0.15) is 10.4 Å². The number of aromatic carboxylic acids is 1. The molecule has 0 saturated carbocycles. The summed E-state index contributed by atoms with van der Waals surface area (Å²) < 4.78 is 1.65. The van der Waals surface area contributed by atoms with Crippen LogP contribution in [0, 0.1) is 0 Å². The molecule has 0 bridgehead atoms. The third-order valence-corrected chi connectivity index (χ3v) is 4.05. The molecule has 0 radical (unpaired) electrons. The Kier molecular flexibility index (Phi) is 3.63. The first-order chi connectivity index (χ1) is 7.65. The zero-order valence-electron chi connectivity index (χ0n) is 7.88. The number of carboxylic acid groups (broad SMARTS) is 1. The van der Waals surface area contributed by atoms with E-state index < -0.39 is 5.97 Å². The van der Waals surface area contributed by atoms with Crippen LogP contribution in [0.4, 0.5) is 0 Å². The fourth-order valence-electron chi connectivity index (χ4n) is 1.11. The van der Waals surface area contributed by atoms with Crippen molar-refractivity contribution in [3.63, 3.8) is 0 Å². The van der Waals surface area contributed by atoms with Gasteiger partial charge in [0.15, 0.2) is 4.34 Å². The molecule has 6 heteroatoms. The standard InChI is InChI=1S/C10H6BrNO2S2/c11-7-3-6(9(13)14)4-8(5-7)16-10-12-1-2-15-10/h1-5H,(H,13,14). The van der Waals surface area contributed by atoms with Gasteiger partial charge in [-0.05, 0) is 18.2 Å². The summed E-state index contributed by atoms with van der Waals surface area (Å²) >= 11 is 6.27. The van der Waals surface area contributed by atoms with Gasteiger partial charge in [0.05, 0.1) is 5.56 Å². The van der Waals surface area contributed by atoms with E-state index in [1.165, 1.54) is 23.1 Å². The van der Waals surface area contributed by atoms with Gasteiger partial charge >= 0.3 is 5.97 Å². The lowest BCUT2D eigenvalue weighted by Gasteiger charge is -2.01. The highest BCUT2D eigenvalue weighted by Crippen LogP contribution is 2.31. The van der Waals surface area contributed by atoms with Crippen molar-refractivity contribution in [3.05, 3.63) is 39.8 Å². The number of carboxylic acids is 1. The molecule has 1 N–H and O–H groups in total. The quantitative estimate of drug-likeness (QED) is 0.937. The van der Waals surface area contributed by atoms with Crippen molar-refractivity contribution >= 4 is 45.0 Å². The minimum atomic E-state index is -0.928. The summed E-state index contributed by atoms with van der Waals surface area (Å²) in [6.45, 7) is 0. The van der Waals surface area contributed by atoms with Gasteiger partial charge in [0.25, 0.3) is 0 Å². The van der Waals surface area contributed by atoms with Crippen molar-refractivity contribution in [1.82, 2.24) is 4.98 Å². The Morgan fingerprint density at radius 1 is 1.44 bits per heavy atom. The molecule has 3 nitrogen and oxygen atoms in total. The van der Waals surface area contributed by atoms with E-state index >= 15 is 0 Å². The van der Waals surface area contributed by atoms with Gasteiger partial charge in [0.1, 0.15) is 0 Å². The zero-order valence-corrected chi connectivity index (χ0v) is 11.1. The number of rotatable bonds is 3. The average Bonchev–Trinajstić information content (AvgIpc) is 2.69. The maximum atomic E-state index is 10.9. The van der Waals surface area contributed by atoms with Crippen molar-refractivity contribution in [2.24, 2.45) is 0 Å². The Morgan fingerprint density at radius 2 is 2.25 bits per heavy atom. The van der Waals surface area contributed by atoms with Gasteiger partial charge in [-0.15, -0.1) is 11.3 Å². The average molecular weight is 316 g/mol. The first-order valence-corrected chi connectivity index (χ1v) is 6.75. The maximum absolute atomic E-state index is 10.9. The molecule has 16 heavy (non-hydrogen) atoms. The molecule has 0 spiro atoms. The van der Waals surface area contributed by atoms with Gasteiger partial charge in [-0.1, -0.05) is 27.7 Å². The van der Waals surface area contributed by atoms with E-state index in [1.54, 1.807) is 18.3 Å². The third kappa shape index (κ3) is 2.84. The second-order valence-corrected chi connectivity index (χ2v) is 6.01. The molecule has 2 aromatic rings. The molecule has 0 fully saturated rings. The number of hydrogen-bond donors (Lipinski definition) is 1. The number of carbonyl (C=O) groups is 1. The molecule has 0 aliphatic carbocycles. The molecule has 0 aliphatic heterocycles. The summed E-state index contributed by atoms with van der Waals surface area (Å²) in [7, 11) is 0. The van der Waals surface area contributed by atoms with Crippen LogP contribution in [-0.2, 0) is 0 Å². The Hall–Kier alpha value is -0.850. The molecular weight excluding hydrogens is 310 g/mol. The molecule has 82 valence electrons. The smallest absolute Gasteiger partial charge is 0.335 e. The van der Waals surface area contributed by atoms with Crippen LogP contribution in [-0.4, -0.2) is 16.1 Å². The van der Waals surface area contributed by atoms with Crippen LogP contribution >= 0.6 is 39.0 Å². The lowest BCUT2D eigenvalue weighted by molar-refractivity contribution is 0.0696. The van der Waals surface area contributed by atoms with E-state index in [4.69, 9.17) is 5.11 Å². The molecule has 0 atom stereocenters. The summed E-state index contributed by atoms with van der Waals surface area (Å²) in [6.07, 6.45) is 1.73. The molecule has 1 aromatic heterocycles. The summed E-state index contributed by atoms with van der Waals surface area (Å²) in [5.74, 6) is -0.928. The number of thiazole rings is 1. The number of aromatic nitrogens is 1. The van der Waals surface area contributed by atoms with Crippen molar-refractivity contribution in [2.45, 2.75) is 9.24 Å². The second-order valence-electron chi connectivity index (χ2n) is 2.88. The lowest BCUT2D eigenvalue weighted by Crippen LogP contribution is -1.95. The first kappa shape index (κ1) is 11.6. The zero-order chi connectivity index (χ0) is 11.5. The van der Waals surface area contributed by atoms with E-state index in [-0.39, 0.29) is 5.56 Å². The fourth-order valence-corrected chi connectivity index (χ4v) is 3.45. The topological polar surface area (TPSA) is 50.2 Å². The Balaban J connectivity index is 2.31. The van der Waals surface area contributed by atoms with Crippen LogP contribution in [0.2, 0.25) is 0 Å². The summed E-state index contributed by atoms with van der Waals surface area (Å²) in [5.41, 5.74) is 0.272.